The number of hydrogen-bond acceptors (Lipinski definition) is 11. The predicted molar refractivity (Wildman–Crippen MR) is 206 cm³/mol. The maximum Gasteiger partial charge on any atom is 0.203 e. The highest BCUT2D eigenvalue weighted by Gasteiger charge is 2.26. The van der Waals surface area contributed by atoms with Crippen molar-refractivity contribution in [3.63, 3.8) is 0 Å². The zero-order valence-corrected chi connectivity index (χ0v) is 31.5. The zero-order chi connectivity index (χ0) is 37.3. The summed E-state index contributed by atoms with van der Waals surface area (Å²) in [6.45, 7) is 3.44. The van der Waals surface area contributed by atoms with Gasteiger partial charge in [-0.1, -0.05) is 0 Å². The van der Waals surface area contributed by atoms with Gasteiger partial charge in [-0.05, 0) is 96.3 Å². The van der Waals surface area contributed by atoms with Gasteiger partial charge in [0.25, 0.3) is 0 Å². The molecule has 1 aliphatic rings. The second-order valence-corrected chi connectivity index (χ2v) is 12.8. The fourth-order valence-electron chi connectivity index (χ4n) is 6.99. The van der Waals surface area contributed by atoms with Gasteiger partial charge in [0.15, 0.2) is 23.0 Å². The smallest absolute Gasteiger partial charge is 0.203 e. The van der Waals surface area contributed by atoms with E-state index >= 15 is 0 Å². The van der Waals surface area contributed by atoms with E-state index in [1.54, 1.807) is 49.8 Å². The maximum absolute atomic E-state index is 5.62. The number of methoxy groups -OCH3 is 7. The first kappa shape index (κ1) is 37.1. The van der Waals surface area contributed by atoms with Crippen molar-refractivity contribution in [2.24, 2.45) is 0 Å². The summed E-state index contributed by atoms with van der Waals surface area (Å²) in [6.07, 6.45) is 7.71. The van der Waals surface area contributed by atoms with Crippen LogP contribution >= 0.6 is 0 Å². The summed E-state index contributed by atoms with van der Waals surface area (Å²) in [7, 11) is 11.4. The van der Waals surface area contributed by atoms with Crippen LogP contribution in [0, 0.1) is 0 Å². The topological polar surface area (TPSA) is 96.9 Å². The minimum atomic E-state index is 0.334. The van der Waals surface area contributed by atoms with Crippen molar-refractivity contribution in [2.45, 2.75) is 32.0 Å². The molecule has 53 heavy (non-hydrogen) atoms. The summed E-state index contributed by atoms with van der Waals surface area (Å²) in [6, 6.07) is 22.9. The highest BCUT2D eigenvalue weighted by Crippen LogP contribution is 2.42. The van der Waals surface area contributed by atoms with Crippen LogP contribution in [0.25, 0.3) is 22.4 Å². The number of rotatable bonds is 15. The third-order valence-electron chi connectivity index (χ3n) is 9.74. The lowest BCUT2D eigenvalue weighted by Crippen LogP contribution is -2.44. The molecule has 0 radical (unpaired) electrons. The molecule has 1 aliphatic heterocycles. The van der Waals surface area contributed by atoms with Crippen molar-refractivity contribution in [3.8, 4) is 62.6 Å². The number of ether oxygens (including phenoxy) is 7. The molecular weight excluding hydrogens is 672 g/mol. The fraction of sp³-hybridized carbons (Fsp3) is 0.333. The fourth-order valence-corrected chi connectivity index (χ4v) is 6.99. The van der Waals surface area contributed by atoms with E-state index in [0.717, 1.165) is 84.0 Å². The summed E-state index contributed by atoms with van der Waals surface area (Å²) in [5.74, 6) is 4.35. The second-order valence-electron chi connectivity index (χ2n) is 12.8. The minimum absolute atomic E-state index is 0.334. The summed E-state index contributed by atoms with van der Waals surface area (Å²) >= 11 is 0. The molecule has 0 unspecified atom stereocenters. The van der Waals surface area contributed by atoms with Crippen molar-refractivity contribution in [1.29, 1.82) is 0 Å². The van der Waals surface area contributed by atoms with Crippen LogP contribution in [0.2, 0.25) is 0 Å². The van der Waals surface area contributed by atoms with Gasteiger partial charge < -0.3 is 38.1 Å². The van der Waals surface area contributed by atoms with Gasteiger partial charge in [0.05, 0.1) is 55.5 Å². The average Bonchev–Trinajstić information content (AvgIpc) is 3.22. The lowest BCUT2D eigenvalue weighted by molar-refractivity contribution is 0.200. The SMILES string of the molecule is COc1ccc(N(Cc2ccnc(-c3cc(OC)c(OC)c(OC)c3)c2)C2CCN(Cc3cncc(-c4cc(OC)c(OC)c(OC)c4)c3)CC2)cc1. The normalized spacial score (nSPS) is 13.3. The van der Waals surface area contributed by atoms with E-state index in [4.69, 9.17) is 38.1 Å². The number of likely N-dealkylation sites (tertiary alicyclic amines) is 1. The van der Waals surface area contributed by atoms with Gasteiger partial charge in [-0.25, -0.2) is 0 Å². The molecule has 0 aliphatic carbocycles. The Morgan fingerprint density at radius 2 is 1.19 bits per heavy atom. The molecule has 6 rings (SSSR count). The summed E-state index contributed by atoms with van der Waals surface area (Å²) in [5, 5.41) is 0. The van der Waals surface area contributed by atoms with E-state index in [0.29, 0.717) is 40.5 Å². The van der Waals surface area contributed by atoms with Gasteiger partial charge in [0.1, 0.15) is 5.75 Å². The van der Waals surface area contributed by atoms with Crippen molar-refractivity contribution in [1.82, 2.24) is 14.9 Å². The van der Waals surface area contributed by atoms with Crippen molar-refractivity contribution >= 4 is 5.69 Å². The molecule has 3 aromatic carbocycles. The third-order valence-corrected chi connectivity index (χ3v) is 9.74. The first-order valence-electron chi connectivity index (χ1n) is 17.5. The van der Waals surface area contributed by atoms with Gasteiger partial charge in [0, 0.05) is 67.6 Å². The molecule has 0 saturated carbocycles. The highest BCUT2D eigenvalue weighted by molar-refractivity contribution is 5.71. The lowest BCUT2D eigenvalue weighted by Gasteiger charge is -2.40. The maximum atomic E-state index is 5.62. The number of nitrogens with zero attached hydrogens (tertiary/aromatic N) is 4. The van der Waals surface area contributed by atoms with E-state index in [1.165, 1.54) is 0 Å². The Morgan fingerprint density at radius 3 is 1.74 bits per heavy atom. The molecule has 3 heterocycles. The number of piperidine rings is 1. The average molecular weight is 721 g/mol. The van der Waals surface area contributed by atoms with Crippen molar-refractivity contribution in [3.05, 3.63) is 96.4 Å². The Labute approximate surface area is 312 Å². The molecular formula is C42H48N4O7. The van der Waals surface area contributed by atoms with Gasteiger partial charge >= 0.3 is 0 Å². The molecule has 11 nitrogen and oxygen atoms in total. The Balaban J connectivity index is 1.20. The first-order valence-corrected chi connectivity index (χ1v) is 17.5. The van der Waals surface area contributed by atoms with Gasteiger partial charge in [-0.3, -0.25) is 14.9 Å². The van der Waals surface area contributed by atoms with Gasteiger partial charge in [-0.15, -0.1) is 0 Å². The number of benzene rings is 3. The molecule has 0 N–H and O–H groups in total. The summed E-state index contributed by atoms with van der Waals surface area (Å²) < 4.78 is 39.0. The Hall–Kier alpha value is -5.68. The standard InChI is InChI=1S/C42H48N4O7/c1-47-35-10-8-33(9-11-35)46(27-28-12-15-44-36(19-28)31-22-39(50-4)42(53-7)40(23-31)51-5)34-13-16-45(17-14-34)26-29-18-32(25-43-24-29)30-20-37(48-2)41(52-6)38(21-30)49-3/h8-12,15,18-25,34H,13-14,16-17,26-27H2,1-7H3. The van der Waals surface area contributed by atoms with E-state index in [9.17, 15) is 0 Å². The summed E-state index contributed by atoms with van der Waals surface area (Å²) in [5.41, 5.74) is 7.10. The number of pyridine rings is 2. The van der Waals surface area contributed by atoms with E-state index in [1.807, 2.05) is 55.0 Å². The third kappa shape index (κ3) is 8.36. The van der Waals surface area contributed by atoms with Crippen molar-refractivity contribution in [2.75, 3.05) is 67.8 Å². The molecule has 0 amide bonds. The molecule has 2 aromatic heterocycles. The van der Waals surface area contributed by atoms with E-state index < -0.39 is 0 Å². The molecule has 0 atom stereocenters. The van der Waals surface area contributed by atoms with Crippen LogP contribution in [0.4, 0.5) is 5.69 Å². The first-order chi connectivity index (χ1) is 25.9. The van der Waals surface area contributed by atoms with Gasteiger partial charge in [-0.2, -0.15) is 0 Å². The Kier molecular flexibility index (Phi) is 12.1. The molecule has 278 valence electrons. The number of aromatic nitrogens is 2. The predicted octanol–water partition coefficient (Wildman–Crippen LogP) is 7.54. The van der Waals surface area contributed by atoms with Crippen LogP contribution in [0.15, 0.2) is 85.3 Å². The molecule has 0 spiro atoms. The minimum Gasteiger partial charge on any atom is -0.497 e. The molecule has 1 saturated heterocycles. The molecule has 11 heteroatoms. The van der Waals surface area contributed by atoms with Crippen LogP contribution in [0.1, 0.15) is 24.0 Å². The van der Waals surface area contributed by atoms with Crippen LogP contribution in [0.5, 0.6) is 40.2 Å². The second kappa shape index (κ2) is 17.2. The van der Waals surface area contributed by atoms with Crippen molar-refractivity contribution < 1.29 is 33.2 Å². The highest BCUT2D eigenvalue weighted by atomic mass is 16.5. The lowest BCUT2D eigenvalue weighted by atomic mass is 9.99. The Morgan fingerprint density at radius 1 is 0.604 bits per heavy atom. The van der Waals surface area contributed by atoms with E-state index in [2.05, 4.69) is 45.1 Å². The van der Waals surface area contributed by atoms with Crippen LogP contribution < -0.4 is 38.1 Å². The number of hydrogen-bond donors (Lipinski definition) is 0. The van der Waals surface area contributed by atoms with Gasteiger partial charge in [0.2, 0.25) is 11.5 Å². The quantitative estimate of drug-likeness (QED) is 0.107. The number of anilines is 1. The molecule has 5 aromatic rings. The molecule has 0 bridgehead atoms. The van der Waals surface area contributed by atoms with Crippen LogP contribution in [-0.4, -0.2) is 83.8 Å². The Bertz CT molecular complexity index is 1930. The van der Waals surface area contributed by atoms with Crippen LogP contribution in [0.3, 0.4) is 0 Å². The zero-order valence-electron chi connectivity index (χ0n) is 31.5. The molecule has 1 fully saturated rings. The van der Waals surface area contributed by atoms with E-state index in [-0.39, 0.29) is 0 Å². The summed E-state index contributed by atoms with van der Waals surface area (Å²) in [4.78, 5) is 14.3. The largest absolute Gasteiger partial charge is 0.497 e. The monoisotopic (exact) mass is 720 g/mol. The van der Waals surface area contributed by atoms with Crippen LogP contribution in [-0.2, 0) is 13.1 Å².